The van der Waals surface area contributed by atoms with E-state index in [2.05, 4.69) is 15.4 Å². The van der Waals surface area contributed by atoms with E-state index < -0.39 is 5.97 Å². The maximum atomic E-state index is 12.1. The number of rotatable bonds is 7. The molecule has 0 aliphatic heterocycles. The van der Waals surface area contributed by atoms with E-state index in [4.69, 9.17) is 4.74 Å². The fourth-order valence-electron chi connectivity index (χ4n) is 2.47. The van der Waals surface area contributed by atoms with Gasteiger partial charge in [-0.2, -0.15) is 5.10 Å². The van der Waals surface area contributed by atoms with Crippen LogP contribution in [-0.2, 0) is 9.53 Å². The highest BCUT2D eigenvalue weighted by Crippen LogP contribution is 2.17. The molecule has 0 radical (unpaired) electrons. The maximum absolute atomic E-state index is 12.1. The van der Waals surface area contributed by atoms with Gasteiger partial charge in [0, 0.05) is 23.7 Å². The quantitative estimate of drug-likeness (QED) is 0.787. The van der Waals surface area contributed by atoms with Crippen molar-refractivity contribution in [3.63, 3.8) is 0 Å². The summed E-state index contributed by atoms with van der Waals surface area (Å²) in [6.07, 6.45) is 4.98. The first-order valence-electron chi connectivity index (χ1n) is 8.22. The van der Waals surface area contributed by atoms with E-state index in [0.717, 1.165) is 18.2 Å². The molecule has 7 nitrogen and oxygen atoms in total. The number of esters is 1. The van der Waals surface area contributed by atoms with Crippen molar-refractivity contribution in [1.29, 1.82) is 0 Å². The van der Waals surface area contributed by atoms with Crippen LogP contribution in [0.25, 0.3) is 11.0 Å². The monoisotopic (exact) mass is 332 g/mol. The number of nitrogens with zero attached hydrogens (tertiary/aromatic N) is 3. The zero-order valence-electron chi connectivity index (χ0n) is 14.6. The molecule has 130 valence electrons. The van der Waals surface area contributed by atoms with Crippen LogP contribution in [0.5, 0.6) is 0 Å². The van der Waals surface area contributed by atoms with Crippen LogP contribution in [0.15, 0.2) is 18.5 Å². The molecule has 0 saturated carbocycles. The number of carbonyl (C=O) groups excluding carboxylic acids is 2. The molecule has 0 aliphatic rings. The molecule has 0 saturated heterocycles. The van der Waals surface area contributed by atoms with Crippen LogP contribution >= 0.6 is 0 Å². The number of ether oxygens (including phenoxy) is 1. The van der Waals surface area contributed by atoms with Gasteiger partial charge in [-0.05, 0) is 33.3 Å². The normalized spacial score (nSPS) is 12.4. The Balaban J connectivity index is 1.97. The molecule has 24 heavy (non-hydrogen) atoms. The fraction of sp³-hybridized carbons (Fsp3) is 0.529. The van der Waals surface area contributed by atoms with Gasteiger partial charge < -0.3 is 10.1 Å². The van der Waals surface area contributed by atoms with E-state index in [-0.39, 0.29) is 24.6 Å². The van der Waals surface area contributed by atoms with Crippen LogP contribution in [0.3, 0.4) is 0 Å². The zero-order chi connectivity index (χ0) is 17.7. The zero-order valence-corrected chi connectivity index (χ0v) is 14.6. The second-order valence-corrected chi connectivity index (χ2v) is 6.15. The molecule has 2 rings (SSSR count). The summed E-state index contributed by atoms with van der Waals surface area (Å²) in [4.78, 5) is 28.1. The molecule has 2 heterocycles. The van der Waals surface area contributed by atoms with Gasteiger partial charge in [0.05, 0.1) is 11.8 Å². The van der Waals surface area contributed by atoms with Gasteiger partial charge in [0.25, 0.3) is 5.91 Å². The van der Waals surface area contributed by atoms with Crippen LogP contribution in [0.1, 0.15) is 56.9 Å². The number of carbonyl (C=O) groups is 2. The summed E-state index contributed by atoms with van der Waals surface area (Å²) in [5, 5.41) is 7.81. The van der Waals surface area contributed by atoms with Crippen molar-refractivity contribution in [1.82, 2.24) is 20.1 Å². The number of fused-ring (bicyclic) bond motifs is 1. The summed E-state index contributed by atoms with van der Waals surface area (Å²) in [5.41, 5.74) is 1.02. The van der Waals surface area contributed by atoms with Crippen LogP contribution in [0.4, 0.5) is 0 Å². The first kappa shape index (κ1) is 17.9. The Morgan fingerprint density at radius 2 is 2.04 bits per heavy atom. The average molecular weight is 332 g/mol. The summed E-state index contributed by atoms with van der Waals surface area (Å²) in [7, 11) is 0. The molecule has 0 fully saturated rings. The minimum atomic E-state index is -0.569. The summed E-state index contributed by atoms with van der Waals surface area (Å²) >= 11 is 0. The average Bonchev–Trinajstić information content (AvgIpc) is 2.96. The summed E-state index contributed by atoms with van der Waals surface area (Å²) in [5.74, 6) is -0.869. The predicted molar refractivity (Wildman–Crippen MR) is 90.7 cm³/mol. The topological polar surface area (TPSA) is 86.1 Å². The van der Waals surface area contributed by atoms with E-state index >= 15 is 0 Å². The van der Waals surface area contributed by atoms with Gasteiger partial charge in [0.2, 0.25) is 0 Å². The van der Waals surface area contributed by atoms with Gasteiger partial charge >= 0.3 is 5.97 Å². The number of hydrogen-bond donors (Lipinski definition) is 1. The van der Waals surface area contributed by atoms with Gasteiger partial charge in [-0.1, -0.05) is 13.3 Å². The molecule has 0 bridgehead atoms. The van der Waals surface area contributed by atoms with Crippen molar-refractivity contribution < 1.29 is 14.3 Å². The first-order valence-corrected chi connectivity index (χ1v) is 8.22. The molecule has 1 N–H and O–H groups in total. The predicted octanol–water partition coefficient (Wildman–Crippen LogP) is 2.47. The van der Waals surface area contributed by atoms with Crippen LogP contribution in [-0.4, -0.2) is 39.3 Å². The lowest BCUT2D eigenvalue weighted by molar-refractivity contribution is -0.124. The molecule has 7 heteroatoms. The molecule has 1 amide bonds. The van der Waals surface area contributed by atoms with Crippen molar-refractivity contribution in [2.75, 3.05) is 6.61 Å². The fourth-order valence-corrected chi connectivity index (χ4v) is 2.47. The van der Waals surface area contributed by atoms with Crippen LogP contribution < -0.4 is 5.32 Å². The van der Waals surface area contributed by atoms with Gasteiger partial charge in [-0.25, -0.2) is 14.5 Å². The van der Waals surface area contributed by atoms with Gasteiger partial charge in [-0.15, -0.1) is 0 Å². The number of aromatic nitrogens is 3. The Morgan fingerprint density at radius 1 is 1.29 bits per heavy atom. The number of hydrogen-bond acceptors (Lipinski definition) is 5. The van der Waals surface area contributed by atoms with Crippen molar-refractivity contribution in [3.05, 3.63) is 24.0 Å². The van der Waals surface area contributed by atoms with E-state index in [9.17, 15) is 9.59 Å². The highest BCUT2D eigenvalue weighted by molar-refractivity contribution is 5.94. The lowest BCUT2D eigenvalue weighted by atomic mass is 10.2. The SMILES string of the molecule is CCCC(C)NC(=O)COC(=O)c1cnc2c(cnn2C(C)C)c1. The molecular weight excluding hydrogens is 308 g/mol. The molecule has 1 atom stereocenters. The second kappa shape index (κ2) is 7.90. The minimum absolute atomic E-state index is 0.0705. The van der Waals surface area contributed by atoms with Gasteiger partial charge in [0.15, 0.2) is 12.3 Å². The summed E-state index contributed by atoms with van der Waals surface area (Å²) in [6.45, 7) is 7.69. The third-order valence-electron chi connectivity index (χ3n) is 3.62. The highest BCUT2D eigenvalue weighted by atomic mass is 16.5. The Morgan fingerprint density at radius 3 is 2.71 bits per heavy atom. The Bertz CT molecular complexity index is 724. The van der Waals surface area contributed by atoms with Crippen molar-refractivity contribution in [2.24, 2.45) is 0 Å². The van der Waals surface area contributed by atoms with E-state index in [1.165, 1.54) is 6.20 Å². The van der Waals surface area contributed by atoms with Crippen LogP contribution in [0, 0.1) is 0 Å². The van der Waals surface area contributed by atoms with Crippen molar-refractivity contribution >= 4 is 22.9 Å². The van der Waals surface area contributed by atoms with E-state index in [1.807, 2.05) is 27.7 Å². The third kappa shape index (κ3) is 4.31. The molecule has 0 aliphatic carbocycles. The van der Waals surface area contributed by atoms with Crippen LogP contribution in [0.2, 0.25) is 0 Å². The number of nitrogens with one attached hydrogen (secondary N) is 1. The van der Waals surface area contributed by atoms with E-state index in [0.29, 0.717) is 11.2 Å². The molecule has 0 aromatic carbocycles. The Hall–Kier alpha value is -2.44. The van der Waals surface area contributed by atoms with E-state index in [1.54, 1.807) is 16.9 Å². The molecule has 1 unspecified atom stereocenters. The number of amides is 1. The second-order valence-electron chi connectivity index (χ2n) is 6.15. The standard InChI is InChI=1S/C17H24N4O3/c1-5-6-12(4)20-15(22)10-24-17(23)14-7-13-9-19-21(11(2)3)16(13)18-8-14/h7-9,11-12H,5-6,10H2,1-4H3,(H,20,22). The lowest BCUT2D eigenvalue weighted by Crippen LogP contribution is -2.35. The minimum Gasteiger partial charge on any atom is -0.452 e. The summed E-state index contributed by atoms with van der Waals surface area (Å²) < 4.78 is 6.84. The lowest BCUT2D eigenvalue weighted by Gasteiger charge is -2.12. The third-order valence-corrected chi connectivity index (χ3v) is 3.62. The van der Waals surface area contributed by atoms with Gasteiger partial charge in [-0.3, -0.25) is 4.79 Å². The maximum Gasteiger partial charge on any atom is 0.340 e. The van der Waals surface area contributed by atoms with Crippen molar-refractivity contribution in [3.8, 4) is 0 Å². The number of pyridine rings is 1. The van der Waals surface area contributed by atoms with Gasteiger partial charge in [0.1, 0.15) is 0 Å². The van der Waals surface area contributed by atoms with Crippen molar-refractivity contribution in [2.45, 2.75) is 52.6 Å². The molecular formula is C17H24N4O3. The first-order chi connectivity index (χ1) is 11.4. The Kier molecular flexibility index (Phi) is 5.89. The summed E-state index contributed by atoms with van der Waals surface area (Å²) in [6, 6.07) is 1.93. The molecule has 2 aromatic heterocycles. The smallest absolute Gasteiger partial charge is 0.340 e. The molecule has 2 aromatic rings. The molecule has 0 spiro atoms. The Labute approximate surface area is 141 Å². The highest BCUT2D eigenvalue weighted by Gasteiger charge is 2.14. The largest absolute Gasteiger partial charge is 0.452 e.